The van der Waals surface area contributed by atoms with Crippen LogP contribution >= 0.6 is 11.6 Å². The van der Waals surface area contributed by atoms with Gasteiger partial charge in [-0.2, -0.15) is 0 Å². The van der Waals surface area contributed by atoms with Crippen molar-refractivity contribution in [3.8, 4) is 11.5 Å². The maximum absolute atomic E-state index is 13.8. The molecule has 38 heavy (non-hydrogen) atoms. The number of hydrogen-bond acceptors (Lipinski definition) is 5. The molecule has 0 saturated heterocycles. The highest BCUT2D eigenvalue weighted by Gasteiger charge is 2.49. The van der Waals surface area contributed by atoms with Crippen molar-refractivity contribution in [1.82, 2.24) is 9.80 Å². The molecule has 2 heterocycles. The molecule has 0 N–H and O–H groups in total. The zero-order valence-corrected chi connectivity index (χ0v) is 24.5. The predicted molar refractivity (Wildman–Crippen MR) is 150 cm³/mol. The average Bonchev–Trinajstić information content (AvgIpc) is 3.26. The van der Waals surface area contributed by atoms with Crippen LogP contribution in [0.15, 0.2) is 22.8 Å². The molecule has 7 heteroatoms. The van der Waals surface area contributed by atoms with Crippen molar-refractivity contribution in [2.24, 2.45) is 5.92 Å². The number of Topliss-reactive ketones (excluding diaryl/α,β-unsaturated/α-hetero) is 1. The van der Waals surface area contributed by atoms with E-state index in [1.54, 1.807) is 4.90 Å². The highest BCUT2D eigenvalue weighted by molar-refractivity contribution is 6.34. The Balaban J connectivity index is 1.38. The second kappa shape index (κ2) is 10.3. The summed E-state index contributed by atoms with van der Waals surface area (Å²) in [5.41, 5.74) is 4.96. The number of fused-ring (bicyclic) bond motifs is 2. The number of carbonyl (C=O) groups is 2. The maximum atomic E-state index is 13.8. The van der Waals surface area contributed by atoms with E-state index in [0.29, 0.717) is 54.1 Å². The molecular formula is C31H41ClN2O4. The summed E-state index contributed by atoms with van der Waals surface area (Å²) >= 11 is 6.93. The monoisotopic (exact) mass is 540 g/mol. The molecule has 1 unspecified atom stereocenters. The lowest BCUT2D eigenvalue weighted by molar-refractivity contribution is -0.124. The molecule has 1 aromatic rings. The van der Waals surface area contributed by atoms with Gasteiger partial charge in [0.1, 0.15) is 0 Å². The number of halogens is 1. The molecule has 6 nitrogen and oxygen atoms in total. The summed E-state index contributed by atoms with van der Waals surface area (Å²) < 4.78 is 13.1. The maximum Gasteiger partial charge on any atom is 0.254 e. The number of hydrogen-bond donors (Lipinski definition) is 0. The summed E-state index contributed by atoms with van der Waals surface area (Å²) in [6, 6.07) is 0.615. The third kappa shape index (κ3) is 4.58. The van der Waals surface area contributed by atoms with Gasteiger partial charge in [0.15, 0.2) is 17.3 Å². The van der Waals surface area contributed by atoms with E-state index in [2.05, 4.69) is 24.8 Å². The Hall–Kier alpha value is -2.31. The van der Waals surface area contributed by atoms with Crippen molar-refractivity contribution in [2.75, 3.05) is 26.2 Å². The van der Waals surface area contributed by atoms with E-state index < -0.39 is 5.79 Å². The molecule has 1 atom stereocenters. The van der Waals surface area contributed by atoms with Gasteiger partial charge in [-0.3, -0.25) is 9.59 Å². The van der Waals surface area contributed by atoms with E-state index in [1.165, 1.54) is 0 Å². The molecule has 1 aromatic carbocycles. The lowest BCUT2D eigenvalue weighted by Gasteiger charge is -2.40. The first-order valence-corrected chi connectivity index (χ1v) is 14.6. The number of ketones is 1. The molecule has 1 amide bonds. The topological polar surface area (TPSA) is 59.1 Å². The van der Waals surface area contributed by atoms with Gasteiger partial charge in [0.2, 0.25) is 0 Å². The van der Waals surface area contributed by atoms with E-state index in [0.717, 1.165) is 66.6 Å². The smallest absolute Gasteiger partial charge is 0.254 e. The first kappa shape index (κ1) is 27.3. The molecule has 2 aliphatic heterocycles. The molecular weight excluding hydrogens is 500 g/mol. The number of nitrogens with zero attached hydrogens (tertiary/aromatic N) is 2. The van der Waals surface area contributed by atoms with Gasteiger partial charge < -0.3 is 19.3 Å². The lowest BCUT2D eigenvalue weighted by Crippen LogP contribution is -2.47. The van der Waals surface area contributed by atoms with E-state index in [-0.39, 0.29) is 17.6 Å². The normalized spacial score (nSPS) is 27.3. The number of ether oxygens (including phenoxy) is 2. The minimum absolute atomic E-state index is 0.0928. The van der Waals surface area contributed by atoms with E-state index in [9.17, 15) is 9.59 Å². The van der Waals surface area contributed by atoms with Crippen LogP contribution in [0.4, 0.5) is 0 Å². The standard InChI is InChI=1S/C31H41ClN2O4/c1-7-33(8-2)22-11-9-21(10-12-22)31(6)37-28-20(5)26-23(27(32)29(28)38-31)13-14-34(30(26)36)17-24-19(4)15-18(3)16-25(24)35/h15,21-22H,7-14,16-17H2,1-6H3. The summed E-state index contributed by atoms with van der Waals surface area (Å²) in [5, 5.41) is 0.497. The van der Waals surface area contributed by atoms with E-state index in [4.69, 9.17) is 21.1 Å². The Labute approximate surface area is 232 Å². The summed E-state index contributed by atoms with van der Waals surface area (Å²) in [6.07, 6.45) is 7.42. The Morgan fingerprint density at radius 3 is 2.34 bits per heavy atom. The van der Waals surface area contributed by atoms with Crippen molar-refractivity contribution < 1.29 is 19.1 Å². The van der Waals surface area contributed by atoms with Gasteiger partial charge in [0, 0.05) is 49.5 Å². The van der Waals surface area contributed by atoms with Crippen LogP contribution in [-0.4, -0.2) is 59.5 Å². The highest BCUT2D eigenvalue weighted by atomic mass is 35.5. The van der Waals surface area contributed by atoms with Crippen LogP contribution in [0.2, 0.25) is 5.02 Å². The van der Waals surface area contributed by atoms with Crippen molar-refractivity contribution in [3.63, 3.8) is 0 Å². The minimum Gasteiger partial charge on any atom is -0.448 e. The number of benzene rings is 1. The lowest BCUT2D eigenvalue weighted by atomic mass is 9.80. The van der Waals surface area contributed by atoms with Gasteiger partial charge in [-0.25, -0.2) is 0 Å². The zero-order valence-electron chi connectivity index (χ0n) is 23.7. The zero-order chi connectivity index (χ0) is 27.4. The van der Waals surface area contributed by atoms with E-state index in [1.807, 2.05) is 27.7 Å². The molecule has 2 aliphatic carbocycles. The fourth-order valence-electron chi connectivity index (χ4n) is 7.04. The van der Waals surface area contributed by atoms with E-state index >= 15 is 0 Å². The van der Waals surface area contributed by atoms with Crippen LogP contribution in [0.5, 0.6) is 11.5 Å². The first-order valence-electron chi connectivity index (χ1n) is 14.2. The molecule has 206 valence electrons. The molecule has 5 rings (SSSR count). The van der Waals surface area contributed by atoms with Crippen molar-refractivity contribution in [1.29, 1.82) is 0 Å². The van der Waals surface area contributed by atoms with Crippen molar-refractivity contribution in [3.05, 3.63) is 44.5 Å². The number of amides is 1. The quantitative estimate of drug-likeness (QED) is 0.425. The van der Waals surface area contributed by atoms with Gasteiger partial charge in [-0.15, -0.1) is 0 Å². The summed E-state index contributed by atoms with van der Waals surface area (Å²) in [4.78, 5) is 30.8. The number of rotatable bonds is 6. The second-order valence-electron chi connectivity index (χ2n) is 11.6. The summed E-state index contributed by atoms with van der Waals surface area (Å²) in [7, 11) is 0. The third-order valence-corrected chi connectivity index (χ3v) is 9.66. The Bertz CT molecular complexity index is 1220. The Morgan fingerprint density at radius 1 is 1.05 bits per heavy atom. The fraction of sp³-hybridized carbons (Fsp3) is 0.613. The van der Waals surface area contributed by atoms with Crippen LogP contribution in [0.1, 0.15) is 88.2 Å². The van der Waals surface area contributed by atoms with Gasteiger partial charge in [-0.05, 0) is 77.1 Å². The molecule has 0 spiro atoms. The summed E-state index contributed by atoms with van der Waals surface area (Å²) in [5.74, 6) is 0.653. The molecule has 0 bridgehead atoms. The molecule has 4 aliphatic rings. The van der Waals surface area contributed by atoms with Gasteiger partial charge in [0.05, 0.1) is 10.6 Å². The van der Waals surface area contributed by atoms with Crippen LogP contribution in [-0.2, 0) is 11.2 Å². The largest absolute Gasteiger partial charge is 0.448 e. The van der Waals surface area contributed by atoms with Crippen LogP contribution in [0.25, 0.3) is 0 Å². The van der Waals surface area contributed by atoms with Crippen molar-refractivity contribution >= 4 is 23.3 Å². The third-order valence-electron chi connectivity index (χ3n) is 9.26. The number of carbonyl (C=O) groups excluding carboxylic acids is 2. The van der Waals surface area contributed by atoms with Crippen LogP contribution in [0.3, 0.4) is 0 Å². The van der Waals surface area contributed by atoms with Gasteiger partial charge in [-0.1, -0.05) is 37.1 Å². The predicted octanol–water partition coefficient (Wildman–Crippen LogP) is 6.27. The Kier molecular flexibility index (Phi) is 7.42. The molecule has 1 fully saturated rings. The average molecular weight is 541 g/mol. The SMILES string of the molecule is CCN(CC)C1CCC(C2(C)Oc3c(C)c4c(c(Cl)c3O2)CCN(CC2=C(C)C=C(C)CC2=O)C4=O)CC1. The van der Waals surface area contributed by atoms with Gasteiger partial charge in [0.25, 0.3) is 11.7 Å². The molecule has 0 aromatic heterocycles. The Morgan fingerprint density at radius 2 is 1.71 bits per heavy atom. The summed E-state index contributed by atoms with van der Waals surface area (Å²) in [6.45, 7) is 15.3. The second-order valence-corrected chi connectivity index (χ2v) is 12.0. The molecule has 1 saturated carbocycles. The molecule has 0 radical (unpaired) electrons. The first-order chi connectivity index (χ1) is 18.1. The van der Waals surface area contributed by atoms with Crippen LogP contribution < -0.4 is 9.47 Å². The van der Waals surface area contributed by atoms with Crippen molar-refractivity contribution in [2.45, 2.75) is 91.9 Å². The fourth-order valence-corrected chi connectivity index (χ4v) is 7.36. The minimum atomic E-state index is -0.793. The van der Waals surface area contributed by atoms with Crippen LogP contribution in [0, 0.1) is 12.8 Å². The number of allylic oxidation sites excluding steroid dienone is 3. The van der Waals surface area contributed by atoms with Gasteiger partial charge >= 0.3 is 0 Å². The highest BCUT2D eigenvalue weighted by Crippen LogP contribution is 2.54.